The third kappa shape index (κ3) is 2.51. The number of amides is 1. The molecule has 0 spiro atoms. The van der Waals surface area contributed by atoms with Crippen molar-refractivity contribution in [2.45, 2.75) is 63.6 Å². The summed E-state index contributed by atoms with van der Waals surface area (Å²) in [4.78, 5) is 24.6. The van der Waals surface area contributed by atoms with Gasteiger partial charge in [0.25, 0.3) is 0 Å². The van der Waals surface area contributed by atoms with Crippen molar-refractivity contribution in [2.75, 3.05) is 0 Å². The van der Waals surface area contributed by atoms with Crippen molar-refractivity contribution in [1.29, 1.82) is 0 Å². The molecule has 0 saturated carbocycles. The van der Waals surface area contributed by atoms with Crippen LogP contribution in [0.4, 0.5) is 0 Å². The molecule has 2 saturated heterocycles. The first kappa shape index (κ1) is 13.3. The van der Waals surface area contributed by atoms with Gasteiger partial charge in [-0.1, -0.05) is 6.92 Å². The second kappa shape index (κ2) is 5.26. The number of nitrogens with two attached hydrogens (primary N) is 1. The molecule has 3 unspecified atom stereocenters. The van der Waals surface area contributed by atoms with E-state index in [1.807, 2.05) is 6.92 Å². The van der Waals surface area contributed by atoms with E-state index >= 15 is 0 Å². The minimum absolute atomic E-state index is 0.173. The van der Waals surface area contributed by atoms with Gasteiger partial charge in [0.15, 0.2) is 0 Å². The zero-order chi connectivity index (χ0) is 13.3. The van der Waals surface area contributed by atoms with Crippen molar-refractivity contribution in [2.24, 2.45) is 11.7 Å². The fourth-order valence-electron chi connectivity index (χ4n) is 3.81. The molecule has 0 aromatic rings. The SMILES string of the molecule is CCC(C(N)=O)N1C2CCC1CC(CC(=O)O)C2. The van der Waals surface area contributed by atoms with Gasteiger partial charge in [-0.15, -0.1) is 0 Å². The van der Waals surface area contributed by atoms with Gasteiger partial charge < -0.3 is 10.8 Å². The van der Waals surface area contributed by atoms with Crippen LogP contribution in [0.3, 0.4) is 0 Å². The van der Waals surface area contributed by atoms with Gasteiger partial charge in [-0.2, -0.15) is 0 Å². The van der Waals surface area contributed by atoms with Crippen LogP contribution in [0.15, 0.2) is 0 Å². The first-order valence-electron chi connectivity index (χ1n) is 6.81. The zero-order valence-corrected chi connectivity index (χ0v) is 10.8. The number of carbonyl (C=O) groups excluding carboxylic acids is 1. The maximum absolute atomic E-state index is 11.5. The maximum Gasteiger partial charge on any atom is 0.303 e. The van der Waals surface area contributed by atoms with E-state index in [0.29, 0.717) is 12.1 Å². The normalized spacial score (nSPS) is 33.3. The Morgan fingerprint density at radius 2 is 1.89 bits per heavy atom. The second-order valence-corrected chi connectivity index (χ2v) is 5.59. The number of rotatable bonds is 5. The van der Waals surface area contributed by atoms with Crippen LogP contribution in [0, 0.1) is 5.92 Å². The molecule has 2 fully saturated rings. The number of carboxylic acids is 1. The average Bonchev–Trinajstić information content (AvgIpc) is 2.54. The largest absolute Gasteiger partial charge is 0.481 e. The van der Waals surface area contributed by atoms with Crippen LogP contribution in [0.1, 0.15) is 45.4 Å². The molecule has 0 aromatic carbocycles. The number of fused-ring (bicyclic) bond motifs is 2. The van der Waals surface area contributed by atoms with Gasteiger partial charge >= 0.3 is 5.97 Å². The van der Waals surface area contributed by atoms with Gasteiger partial charge in [-0.25, -0.2) is 0 Å². The van der Waals surface area contributed by atoms with Gasteiger partial charge in [0, 0.05) is 18.5 Å². The third-order valence-electron chi connectivity index (χ3n) is 4.43. The van der Waals surface area contributed by atoms with Gasteiger partial charge in [0.2, 0.25) is 5.91 Å². The molecule has 2 rings (SSSR count). The highest BCUT2D eigenvalue weighted by Gasteiger charge is 2.45. The summed E-state index contributed by atoms with van der Waals surface area (Å²) < 4.78 is 0. The highest BCUT2D eigenvalue weighted by atomic mass is 16.4. The number of hydrogen-bond acceptors (Lipinski definition) is 3. The van der Waals surface area contributed by atoms with Crippen molar-refractivity contribution in [1.82, 2.24) is 4.90 Å². The first-order chi connectivity index (χ1) is 8.52. The molecule has 0 aliphatic carbocycles. The van der Waals surface area contributed by atoms with Crippen molar-refractivity contribution >= 4 is 11.9 Å². The third-order valence-corrected chi connectivity index (χ3v) is 4.43. The monoisotopic (exact) mass is 254 g/mol. The summed E-state index contributed by atoms with van der Waals surface area (Å²) in [6.07, 6.45) is 4.94. The molecule has 0 radical (unpaired) electrons. The fraction of sp³-hybridized carbons (Fsp3) is 0.846. The Morgan fingerprint density at radius 3 is 2.28 bits per heavy atom. The molecule has 2 heterocycles. The lowest BCUT2D eigenvalue weighted by atomic mass is 9.87. The minimum Gasteiger partial charge on any atom is -0.481 e. The summed E-state index contributed by atoms with van der Waals surface area (Å²) in [5, 5.41) is 8.88. The predicted octanol–water partition coefficient (Wildman–Crippen LogP) is 0.968. The smallest absolute Gasteiger partial charge is 0.303 e. The average molecular weight is 254 g/mol. The quantitative estimate of drug-likeness (QED) is 0.765. The van der Waals surface area contributed by atoms with Crippen molar-refractivity contribution < 1.29 is 14.7 Å². The summed E-state index contributed by atoms with van der Waals surface area (Å²) in [5.74, 6) is -0.692. The highest BCUT2D eigenvalue weighted by Crippen LogP contribution is 2.41. The number of primary amides is 1. The molecule has 2 bridgehead atoms. The zero-order valence-electron chi connectivity index (χ0n) is 10.8. The molecule has 3 atom stereocenters. The van der Waals surface area contributed by atoms with Crippen molar-refractivity contribution in [3.05, 3.63) is 0 Å². The van der Waals surface area contributed by atoms with Crippen molar-refractivity contribution in [3.63, 3.8) is 0 Å². The molecule has 2 aliphatic rings. The summed E-state index contributed by atoms with van der Waals surface area (Å²) in [6.45, 7) is 1.98. The fourth-order valence-corrected chi connectivity index (χ4v) is 3.81. The standard InChI is InChI=1S/C13H22N2O3/c1-2-11(13(14)18)15-9-3-4-10(15)6-8(5-9)7-12(16)17/h8-11H,2-7H2,1H3,(H2,14,18)(H,16,17). The Labute approximate surface area is 107 Å². The highest BCUT2D eigenvalue weighted by molar-refractivity contribution is 5.80. The molecular formula is C13H22N2O3. The van der Waals surface area contributed by atoms with Crippen LogP contribution < -0.4 is 5.73 Å². The van der Waals surface area contributed by atoms with Crippen LogP contribution in [0.2, 0.25) is 0 Å². The Balaban J connectivity index is 2.05. The number of aliphatic carboxylic acids is 1. The lowest BCUT2D eigenvalue weighted by Crippen LogP contribution is -2.53. The Bertz CT molecular complexity index is 331. The van der Waals surface area contributed by atoms with Crippen molar-refractivity contribution in [3.8, 4) is 0 Å². The molecule has 1 amide bonds. The Hall–Kier alpha value is -1.10. The molecule has 5 heteroatoms. The molecule has 102 valence electrons. The number of piperidine rings is 1. The Kier molecular flexibility index (Phi) is 3.90. The van der Waals surface area contributed by atoms with Crippen LogP contribution in [-0.4, -0.2) is 40.0 Å². The van der Waals surface area contributed by atoms with E-state index in [0.717, 1.165) is 32.1 Å². The molecule has 0 aromatic heterocycles. The minimum atomic E-state index is -0.713. The van der Waals surface area contributed by atoms with E-state index in [2.05, 4.69) is 4.90 Å². The number of nitrogens with zero attached hydrogens (tertiary/aromatic N) is 1. The van der Waals surface area contributed by atoms with E-state index in [1.165, 1.54) is 0 Å². The number of carboxylic acid groups (broad SMARTS) is 1. The summed E-state index contributed by atoms with van der Waals surface area (Å²) in [5.41, 5.74) is 5.47. The van der Waals surface area contributed by atoms with Crippen LogP contribution >= 0.6 is 0 Å². The lowest BCUT2D eigenvalue weighted by Gasteiger charge is -2.42. The summed E-state index contributed by atoms with van der Waals surface area (Å²) in [6, 6.07) is 0.532. The molecule has 18 heavy (non-hydrogen) atoms. The van der Waals surface area contributed by atoms with Gasteiger partial charge in [-0.05, 0) is 38.0 Å². The molecular weight excluding hydrogens is 232 g/mol. The number of hydrogen-bond donors (Lipinski definition) is 2. The van der Waals surface area contributed by atoms with E-state index in [4.69, 9.17) is 10.8 Å². The topological polar surface area (TPSA) is 83.6 Å². The Morgan fingerprint density at radius 1 is 1.33 bits per heavy atom. The predicted molar refractivity (Wildman–Crippen MR) is 66.9 cm³/mol. The van der Waals surface area contributed by atoms with Crippen LogP contribution in [-0.2, 0) is 9.59 Å². The van der Waals surface area contributed by atoms with Crippen LogP contribution in [0.5, 0.6) is 0 Å². The van der Waals surface area contributed by atoms with Gasteiger partial charge in [-0.3, -0.25) is 14.5 Å². The second-order valence-electron chi connectivity index (χ2n) is 5.59. The lowest BCUT2D eigenvalue weighted by molar-refractivity contribution is -0.139. The molecule has 2 aliphatic heterocycles. The van der Waals surface area contributed by atoms with E-state index in [-0.39, 0.29) is 24.3 Å². The van der Waals surface area contributed by atoms with Gasteiger partial charge in [0.1, 0.15) is 0 Å². The molecule has 3 N–H and O–H groups in total. The first-order valence-corrected chi connectivity index (χ1v) is 6.81. The summed E-state index contributed by atoms with van der Waals surface area (Å²) >= 11 is 0. The van der Waals surface area contributed by atoms with E-state index in [9.17, 15) is 9.59 Å². The van der Waals surface area contributed by atoms with E-state index in [1.54, 1.807) is 0 Å². The molecule has 5 nitrogen and oxygen atoms in total. The summed E-state index contributed by atoms with van der Waals surface area (Å²) in [7, 11) is 0. The van der Waals surface area contributed by atoms with E-state index < -0.39 is 5.97 Å². The number of carbonyl (C=O) groups is 2. The van der Waals surface area contributed by atoms with Crippen LogP contribution in [0.25, 0.3) is 0 Å². The maximum atomic E-state index is 11.5. The van der Waals surface area contributed by atoms with Gasteiger partial charge in [0.05, 0.1) is 6.04 Å².